The normalized spacial score (nSPS) is 28.2. The van der Waals surface area contributed by atoms with Gasteiger partial charge in [0.25, 0.3) is 0 Å². The minimum atomic E-state index is -0.477. The zero-order valence-electron chi connectivity index (χ0n) is 19.8. The molecule has 5 nitrogen and oxygen atoms in total. The maximum Gasteiger partial charge on any atom is 0.184 e. The molecule has 5 heteroatoms. The van der Waals surface area contributed by atoms with Crippen LogP contribution in [0.2, 0.25) is 0 Å². The molecule has 2 fully saturated rings. The van der Waals surface area contributed by atoms with Crippen LogP contribution in [0.5, 0.6) is 0 Å². The van der Waals surface area contributed by atoms with Gasteiger partial charge in [0.15, 0.2) is 6.29 Å². The first kappa shape index (κ1) is 23.9. The predicted octanol–water partition coefficient (Wildman–Crippen LogP) is 5.61. The molecule has 182 valence electrons. The van der Waals surface area contributed by atoms with E-state index in [-0.39, 0.29) is 30.5 Å². The summed E-state index contributed by atoms with van der Waals surface area (Å²) in [4.78, 5) is 0. The van der Waals surface area contributed by atoms with Crippen LogP contribution in [0.15, 0.2) is 104 Å². The monoisotopic (exact) mass is 472 g/mol. The van der Waals surface area contributed by atoms with Crippen molar-refractivity contribution in [3.8, 4) is 0 Å². The number of hydrogen-bond donors (Lipinski definition) is 0. The van der Waals surface area contributed by atoms with Gasteiger partial charge in [0.05, 0.1) is 25.9 Å². The van der Waals surface area contributed by atoms with Crippen molar-refractivity contribution in [1.29, 1.82) is 0 Å². The average Bonchev–Trinajstić information content (AvgIpc) is 2.92. The van der Waals surface area contributed by atoms with Crippen molar-refractivity contribution < 1.29 is 23.7 Å². The van der Waals surface area contributed by atoms with E-state index >= 15 is 0 Å². The molecule has 5 rings (SSSR count). The molecule has 6 atom stereocenters. The van der Waals surface area contributed by atoms with Gasteiger partial charge in [-0.1, -0.05) is 97.1 Å². The fourth-order valence-electron chi connectivity index (χ4n) is 4.72. The van der Waals surface area contributed by atoms with Crippen molar-refractivity contribution in [2.45, 2.75) is 56.4 Å². The molecule has 0 spiro atoms. The van der Waals surface area contributed by atoms with Crippen molar-refractivity contribution in [1.82, 2.24) is 0 Å². The first-order valence-electron chi connectivity index (χ1n) is 12.2. The summed E-state index contributed by atoms with van der Waals surface area (Å²) in [6.45, 7) is 5.29. The molecule has 2 heterocycles. The summed E-state index contributed by atoms with van der Waals surface area (Å²) in [7, 11) is 0. The molecule has 0 N–H and O–H groups in total. The van der Waals surface area contributed by atoms with E-state index in [0.29, 0.717) is 26.2 Å². The van der Waals surface area contributed by atoms with Crippen molar-refractivity contribution in [3.05, 3.63) is 120 Å². The lowest BCUT2D eigenvalue weighted by Crippen LogP contribution is -2.63. The zero-order chi connectivity index (χ0) is 23.9. The second-order valence-electron chi connectivity index (χ2n) is 8.94. The zero-order valence-corrected chi connectivity index (χ0v) is 19.8. The number of rotatable bonds is 9. The fourth-order valence-corrected chi connectivity index (χ4v) is 4.72. The Morgan fingerprint density at radius 2 is 1.31 bits per heavy atom. The Hall–Kier alpha value is -2.80. The maximum atomic E-state index is 6.58. The van der Waals surface area contributed by atoms with E-state index in [1.165, 1.54) is 0 Å². The van der Waals surface area contributed by atoms with E-state index in [2.05, 4.69) is 30.8 Å². The van der Waals surface area contributed by atoms with Crippen LogP contribution in [-0.2, 0) is 36.9 Å². The molecule has 2 aliphatic heterocycles. The van der Waals surface area contributed by atoms with Crippen LogP contribution in [0, 0.1) is 0 Å². The summed E-state index contributed by atoms with van der Waals surface area (Å²) in [6.07, 6.45) is 0.585. The molecule has 0 amide bonds. The van der Waals surface area contributed by atoms with Gasteiger partial charge in [-0.15, -0.1) is 6.58 Å². The minimum Gasteiger partial charge on any atom is -0.368 e. The van der Waals surface area contributed by atoms with Crippen molar-refractivity contribution in [2.75, 3.05) is 6.61 Å². The van der Waals surface area contributed by atoms with E-state index in [1.807, 2.05) is 72.8 Å². The molecule has 0 bridgehead atoms. The average molecular weight is 473 g/mol. The molecule has 2 aliphatic rings. The van der Waals surface area contributed by atoms with Crippen LogP contribution in [0.3, 0.4) is 0 Å². The standard InChI is InChI=1S/C30H32O5/c1-2-12-25-27(31-19-22-13-6-3-7-14-22)29(32-20-23-15-8-4-9-16-23)28-26(34-25)21-33-30(35-28)24-17-10-5-11-18-24/h2-11,13-18,25-30H,1,12,19-21H2/t25-,26-,27+,28-,29-,30?/m1/s1. The summed E-state index contributed by atoms with van der Waals surface area (Å²) in [6, 6.07) is 30.3. The Morgan fingerprint density at radius 3 is 1.91 bits per heavy atom. The van der Waals surface area contributed by atoms with Gasteiger partial charge in [-0.3, -0.25) is 0 Å². The quantitative estimate of drug-likeness (QED) is 0.379. The van der Waals surface area contributed by atoms with Crippen molar-refractivity contribution in [3.63, 3.8) is 0 Å². The highest BCUT2D eigenvalue weighted by Gasteiger charge is 2.50. The lowest BCUT2D eigenvalue weighted by atomic mass is 9.92. The summed E-state index contributed by atoms with van der Waals surface area (Å²) in [5, 5.41) is 0. The van der Waals surface area contributed by atoms with Crippen molar-refractivity contribution >= 4 is 0 Å². The van der Waals surface area contributed by atoms with Crippen LogP contribution in [-0.4, -0.2) is 37.1 Å². The molecule has 0 aromatic heterocycles. The highest BCUT2D eigenvalue weighted by Crippen LogP contribution is 2.37. The highest BCUT2D eigenvalue weighted by atomic mass is 16.7. The van der Waals surface area contributed by atoms with Gasteiger partial charge in [-0.25, -0.2) is 0 Å². The predicted molar refractivity (Wildman–Crippen MR) is 134 cm³/mol. The Bertz CT molecular complexity index is 1040. The third kappa shape index (κ3) is 5.89. The first-order valence-corrected chi connectivity index (χ1v) is 12.2. The number of ether oxygens (including phenoxy) is 5. The van der Waals surface area contributed by atoms with Gasteiger partial charge in [0, 0.05) is 5.56 Å². The molecular formula is C30H32O5. The topological polar surface area (TPSA) is 46.2 Å². The molecule has 35 heavy (non-hydrogen) atoms. The fraction of sp³-hybridized carbons (Fsp3) is 0.333. The number of fused-ring (bicyclic) bond motifs is 1. The van der Waals surface area contributed by atoms with E-state index in [1.54, 1.807) is 0 Å². The Balaban J connectivity index is 1.40. The van der Waals surface area contributed by atoms with Gasteiger partial charge in [0.2, 0.25) is 0 Å². The lowest BCUT2D eigenvalue weighted by molar-refractivity contribution is -0.339. The smallest absolute Gasteiger partial charge is 0.184 e. The molecule has 0 aliphatic carbocycles. The van der Waals surface area contributed by atoms with Gasteiger partial charge in [0.1, 0.15) is 24.4 Å². The van der Waals surface area contributed by atoms with E-state index < -0.39 is 6.29 Å². The second kappa shape index (κ2) is 11.8. The van der Waals surface area contributed by atoms with Crippen LogP contribution in [0.4, 0.5) is 0 Å². The van der Waals surface area contributed by atoms with Gasteiger partial charge < -0.3 is 23.7 Å². The van der Waals surface area contributed by atoms with Gasteiger partial charge >= 0.3 is 0 Å². The molecule has 2 saturated heterocycles. The Labute approximate surface area is 207 Å². The third-order valence-electron chi connectivity index (χ3n) is 6.46. The summed E-state index contributed by atoms with van der Waals surface area (Å²) in [5.41, 5.74) is 3.18. The SMILES string of the molecule is C=CC[C@H]1O[C@@H]2COC(c3ccccc3)O[C@H]2[C@H](OCc2ccccc2)[C@H]1OCc1ccccc1. The summed E-state index contributed by atoms with van der Waals surface area (Å²) >= 11 is 0. The van der Waals surface area contributed by atoms with Gasteiger partial charge in [-0.2, -0.15) is 0 Å². The molecule has 3 aromatic rings. The Kier molecular flexibility index (Phi) is 8.03. The highest BCUT2D eigenvalue weighted by molar-refractivity contribution is 5.18. The first-order chi connectivity index (χ1) is 17.3. The number of benzene rings is 3. The van der Waals surface area contributed by atoms with Crippen LogP contribution >= 0.6 is 0 Å². The largest absolute Gasteiger partial charge is 0.368 e. The van der Waals surface area contributed by atoms with E-state index in [4.69, 9.17) is 23.7 Å². The van der Waals surface area contributed by atoms with E-state index in [9.17, 15) is 0 Å². The third-order valence-corrected chi connectivity index (χ3v) is 6.46. The minimum absolute atomic E-state index is 0.210. The van der Waals surface area contributed by atoms with Crippen LogP contribution in [0.1, 0.15) is 29.4 Å². The number of hydrogen-bond acceptors (Lipinski definition) is 5. The maximum absolute atomic E-state index is 6.58. The molecule has 0 saturated carbocycles. The van der Waals surface area contributed by atoms with Crippen LogP contribution in [0.25, 0.3) is 0 Å². The van der Waals surface area contributed by atoms with Gasteiger partial charge in [-0.05, 0) is 17.5 Å². The molecule has 0 radical (unpaired) electrons. The molecule has 1 unspecified atom stereocenters. The summed E-state index contributed by atoms with van der Waals surface area (Å²) in [5.74, 6) is 0. The second-order valence-corrected chi connectivity index (χ2v) is 8.94. The Morgan fingerprint density at radius 1 is 0.743 bits per heavy atom. The van der Waals surface area contributed by atoms with Crippen LogP contribution < -0.4 is 0 Å². The molecular weight excluding hydrogens is 440 g/mol. The molecule has 3 aromatic carbocycles. The van der Waals surface area contributed by atoms with Crippen molar-refractivity contribution in [2.24, 2.45) is 0 Å². The lowest BCUT2D eigenvalue weighted by Gasteiger charge is -2.49. The van der Waals surface area contributed by atoms with E-state index in [0.717, 1.165) is 16.7 Å². The summed E-state index contributed by atoms with van der Waals surface area (Å²) < 4.78 is 32.1.